The second-order valence-electron chi connectivity index (χ2n) is 5.45. The Bertz CT molecular complexity index is 709. The van der Waals surface area contributed by atoms with Crippen LogP contribution in [0.1, 0.15) is 19.8 Å². The third-order valence-corrected chi connectivity index (χ3v) is 6.05. The fourth-order valence-electron chi connectivity index (χ4n) is 2.53. The molecular formula is C14H20Cl2FN3O3S. The third kappa shape index (κ3) is 4.58. The molecule has 0 aliphatic carbocycles. The van der Waals surface area contributed by atoms with E-state index < -0.39 is 26.6 Å². The zero-order chi connectivity index (χ0) is 17.2. The van der Waals surface area contributed by atoms with Gasteiger partial charge >= 0.3 is 0 Å². The van der Waals surface area contributed by atoms with Crippen LogP contribution in [0.3, 0.4) is 0 Å². The summed E-state index contributed by atoms with van der Waals surface area (Å²) in [5.74, 6) is -1.37. The number of sulfonamides is 1. The minimum absolute atomic E-state index is 0. The van der Waals surface area contributed by atoms with Crippen molar-refractivity contribution in [2.24, 2.45) is 0 Å². The molecule has 0 saturated carbocycles. The normalized spacial score (nSPS) is 15.9. The molecule has 0 unspecified atom stereocenters. The summed E-state index contributed by atoms with van der Waals surface area (Å²) >= 11 is 5.97. The first-order valence-corrected chi connectivity index (χ1v) is 9.00. The average Bonchev–Trinajstić information content (AvgIpc) is 2.50. The smallest absolute Gasteiger partial charge is 0.246 e. The number of carbonyl (C=O) groups is 1. The zero-order valence-electron chi connectivity index (χ0n) is 13.3. The molecule has 0 atom stereocenters. The Morgan fingerprint density at radius 1 is 1.38 bits per heavy atom. The van der Waals surface area contributed by atoms with Crippen LogP contribution < -0.4 is 10.6 Å². The zero-order valence-corrected chi connectivity index (χ0v) is 15.7. The van der Waals surface area contributed by atoms with E-state index in [-0.39, 0.29) is 29.2 Å². The average molecular weight is 400 g/mol. The molecule has 2 rings (SSSR count). The van der Waals surface area contributed by atoms with E-state index in [2.05, 4.69) is 10.6 Å². The van der Waals surface area contributed by atoms with Crippen molar-refractivity contribution in [3.8, 4) is 0 Å². The van der Waals surface area contributed by atoms with Gasteiger partial charge in [-0.3, -0.25) is 4.79 Å². The summed E-state index contributed by atoms with van der Waals surface area (Å²) in [5.41, 5.74) is 0.0418. The summed E-state index contributed by atoms with van der Waals surface area (Å²) in [5, 5.41) is 5.48. The SMILES string of the molecule is CC(=O)Nc1cc(F)c(S(=O)(=O)N(C)C2CCNCC2)cc1Cl.Cl. The lowest BCUT2D eigenvalue weighted by Crippen LogP contribution is -2.44. The maximum atomic E-state index is 14.3. The number of halogens is 3. The van der Waals surface area contributed by atoms with Crippen LogP contribution in [-0.2, 0) is 14.8 Å². The van der Waals surface area contributed by atoms with Crippen LogP contribution in [0.25, 0.3) is 0 Å². The molecule has 1 saturated heterocycles. The topological polar surface area (TPSA) is 78.5 Å². The molecule has 1 heterocycles. The van der Waals surface area contributed by atoms with E-state index in [0.717, 1.165) is 25.2 Å². The maximum absolute atomic E-state index is 14.3. The number of benzene rings is 1. The van der Waals surface area contributed by atoms with Crippen LogP contribution in [0.2, 0.25) is 5.02 Å². The van der Waals surface area contributed by atoms with Crippen molar-refractivity contribution in [2.45, 2.75) is 30.7 Å². The molecule has 0 bridgehead atoms. The van der Waals surface area contributed by atoms with Crippen molar-refractivity contribution in [1.82, 2.24) is 9.62 Å². The van der Waals surface area contributed by atoms with E-state index in [9.17, 15) is 17.6 Å². The number of nitrogens with zero attached hydrogens (tertiary/aromatic N) is 1. The highest BCUT2D eigenvalue weighted by Gasteiger charge is 2.31. The maximum Gasteiger partial charge on any atom is 0.246 e. The fourth-order valence-corrected chi connectivity index (χ4v) is 4.29. The standard InChI is InChI=1S/C14H19ClFN3O3S.ClH/c1-9(20)18-13-8-12(16)14(7-11(13)15)23(21,22)19(2)10-3-5-17-6-4-10;/h7-8,10,17H,3-6H2,1-2H3,(H,18,20);1H. The van der Waals surface area contributed by atoms with Gasteiger partial charge in [0, 0.05) is 26.1 Å². The minimum Gasteiger partial charge on any atom is -0.325 e. The van der Waals surface area contributed by atoms with E-state index in [1.165, 1.54) is 18.3 Å². The van der Waals surface area contributed by atoms with Gasteiger partial charge in [-0.1, -0.05) is 11.6 Å². The van der Waals surface area contributed by atoms with Crippen LogP contribution >= 0.6 is 24.0 Å². The van der Waals surface area contributed by atoms with Gasteiger partial charge in [0.25, 0.3) is 0 Å². The molecule has 136 valence electrons. The number of rotatable bonds is 4. The third-order valence-electron chi connectivity index (χ3n) is 3.81. The first kappa shape index (κ1) is 21.1. The Labute approximate surface area is 152 Å². The quantitative estimate of drug-likeness (QED) is 0.813. The number of hydrogen-bond acceptors (Lipinski definition) is 4. The van der Waals surface area contributed by atoms with E-state index in [0.29, 0.717) is 12.8 Å². The van der Waals surface area contributed by atoms with Crippen molar-refractivity contribution >= 4 is 45.6 Å². The Hall–Kier alpha value is -0.930. The summed E-state index contributed by atoms with van der Waals surface area (Å²) in [7, 11) is -2.56. The summed E-state index contributed by atoms with van der Waals surface area (Å²) in [6, 6.07) is 1.77. The van der Waals surface area contributed by atoms with Crippen LogP contribution in [-0.4, -0.2) is 44.8 Å². The highest BCUT2D eigenvalue weighted by Crippen LogP contribution is 2.30. The lowest BCUT2D eigenvalue weighted by Gasteiger charge is -2.31. The highest BCUT2D eigenvalue weighted by molar-refractivity contribution is 7.89. The highest BCUT2D eigenvalue weighted by atomic mass is 35.5. The monoisotopic (exact) mass is 399 g/mol. The number of amides is 1. The summed E-state index contributed by atoms with van der Waals surface area (Å²) in [6.45, 7) is 2.69. The van der Waals surface area contributed by atoms with Gasteiger partial charge in [0.05, 0.1) is 10.7 Å². The molecule has 6 nitrogen and oxygen atoms in total. The van der Waals surface area contributed by atoms with Gasteiger partial charge in [0.2, 0.25) is 15.9 Å². The molecule has 0 spiro atoms. The van der Waals surface area contributed by atoms with Crippen molar-refractivity contribution < 1.29 is 17.6 Å². The first-order chi connectivity index (χ1) is 10.7. The Balaban J connectivity index is 0.00000288. The van der Waals surface area contributed by atoms with Crippen LogP contribution in [0.15, 0.2) is 17.0 Å². The van der Waals surface area contributed by atoms with Gasteiger partial charge in [-0.25, -0.2) is 12.8 Å². The number of anilines is 1. The van der Waals surface area contributed by atoms with E-state index in [1.807, 2.05) is 0 Å². The van der Waals surface area contributed by atoms with Gasteiger partial charge in [-0.2, -0.15) is 4.31 Å². The van der Waals surface area contributed by atoms with Crippen molar-refractivity contribution in [3.05, 3.63) is 23.0 Å². The predicted octanol–water partition coefficient (Wildman–Crippen LogP) is 2.23. The Morgan fingerprint density at radius 2 is 1.96 bits per heavy atom. The molecule has 0 radical (unpaired) electrons. The number of nitrogens with one attached hydrogen (secondary N) is 2. The largest absolute Gasteiger partial charge is 0.325 e. The molecule has 1 aromatic carbocycles. The molecular weight excluding hydrogens is 380 g/mol. The summed E-state index contributed by atoms with van der Waals surface area (Å²) in [6.07, 6.45) is 1.32. The number of hydrogen-bond donors (Lipinski definition) is 2. The minimum atomic E-state index is -4.00. The van der Waals surface area contributed by atoms with Crippen LogP contribution in [0, 0.1) is 5.82 Å². The van der Waals surface area contributed by atoms with Gasteiger partial charge in [0.15, 0.2) is 0 Å². The molecule has 1 aliphatic heterocycles. The van der Waals surface area contributed by atoms with Gasteiger partial charge < -0.3 is 10.6 Å². The van der Waals surface area contributed by atoms with Gasteiger partial charge in [0.1, 0.15) is 10.7 Å². The molecule has 1 amide bonds. The molecule has 10 heteroatoms. The number of piperidine rings is 1. The van der Waals surface area contributed by atoms with Crippen molar-refractivity contribution in [3.63, 3.8) is 0 Å². The summed E-state index contributed by atoms with van der Waals surface area (Å²) in [4.78, 5) is 10.6. The van der Waals surface area contributed by atoms with Gasteiger partial charge in [-0.15, -0.1) is 12.4 Å². The van der Waals surface area contributed by atoms with Crippen LogP contribution in [0.5, 0.6) is 0 Å². The molecule has 2 N–H and O–H groups in total. The second-order valence-corrected chi connectivity index (χ2v) is 7.82. The predicted molar refractivity (Wildman–Crippen MR) is 93.8 cm³/mol. The molecule has 1 fully saturated rings. The van der Waals surface area contributed by atoms with Crippen LogP contribution in [0.4, 0.5) is 10.1 Å². The second kappa shape index (κ2) is 8.44. The lowest BCUT2D eigenvalue weighted by atomic mass is 10.1. The molecule has 1 aliphatic rings. The Kier molecular flexibility index (Phi) is 7.43. The first-order valence-electron chi connectivity index (χ1n) is 7.19. The lowest BCUT2D eigenvalue weighted by molar-refractivity contribution is -0.114. The van der Waals surface area contributed by atoms with E-state index in [1.54, 1.807) is 0 Å². The van der Waals surface area contributed by atoms with E-state index >= 15 is 0 Å². The van der Waals surface area contributed by atoms with Crippen molar-refractivity contribution in [2.75, 3.05) is 25.5 Å². The molecule has 24 heavy (non-hydrogen) atoms. The molecule has 1 aromatic rings. The Morgan fingerprint density at radius 3 is 2.50 bits per heavy atom. The van der Waals surface area contributed by atoms with Crippen molar-refractivity contribution in [1.29, 1.82) is 0 Å². The van der Waals surface area contributed by atoms with Gasteiger partial charge in [-0.05, 0) is 32.0 Å². The number of carbonyl (C=O) groups excluding carboxylic acids is 1. The van der Waals surface area contributed by atoms with E-state index in [4.69, 9.17) is 11.6 Å². The molecule has 0 aromatic heterocycles. The fraction of sp³-hybridized carbons (Fsp3) is 0.500. The summed E-state index contributed by atoms with van der Waals surface area (Å²) < 4.78 is 40.8.